The first kappa shape index (κ1) is 15.2. The topological polar surface area (TPSA) is 43.1 Å². The second-order valence-corrected chi connectivity index (χ2v) is 4.46. The summed E-state index contributed by atoms with van der Waals surface area (Å²) >= 11 is 0. The van der Waals surface area contributed by atoms with Crippen LogP contribution in [-0.4, -0.2) is 5.91 Å². The lowest BCUT2D eigenvalue weighted by Crippen LogP contribution is -2.13. The Morgan fingerprint density at radius 3 is 2.06 bits per heavy atom. The van der Waals surface area contributed by atoms with E-state index in [9.17, 15) is 4.79 Å². The van der Waals surface area contributed by atoms with Crippen molar-refractivity contribution < 1.29 is 4.79 Å². The monoisotopic (exact) mass is 225 g/mol. The Morgan fingerprint density at radius 2 is 1.56 bits per heavy atom. The predicted octanol–water partition coefficient (Wildman–Crippen LogP) is 3.95. The number of unbranched alkanes of at least 4 members (excludes halogenated alkanes) is 5. The molecule has 2 heteroatoms. The van der Waals surface area contributed by atoms with E-state index in [1.807, 2.05) is 6.92 Å². The van der Waals surface area contributed by atoms with Gasteiger partial charge in [0.1, 0.15) is 0 Å². The van der Waals surface area contributed by atoms with Crippen molar-refractivity contribution in [3.8, 4) is 0 Å². The van der Waals surface area contributed by atoms with Crippen molar-refractivity contribution in [2.75, 3.05) is 0 Å². The van der Waals surface area contributed by atoms with E-state index in [0.717, 1.165) is 18.4 Å². The molecule has 0 saturated carbocycles. The molecule has 0 heterocycles. The van der Waals surface area contributed by atoms with Crippen molar-refractivity contribution in [3.63, 3.8) is 0 Å². The molecular formula is C14H27NO. The molecule has 0 aliphatic heterocycles. The van der Waals surface area contributed by atoms with E-state index in [0.29, 0.717) is 0 Å². The Bertz CT molecular complexity index is 231. The summed E-state index contributed by atoms with van der Waals surface area (Å²) in [5.74, 6) is -0.261. The van der Waals surface area contributed by atoms with Crippen LogP contribution < -0.4 is 5.73 Å². The number of nitrogens with two attached hydrogens (primary N) is 1. The van der Waals surface area contributed by atoms with Crippen LogP contribution in [0, 0.1) is 0 Å². The van der Waals surface area contributed by atoms with E-state index in [-0.39, 0.29) is 5.91 Å². The van der Waals surface area contributed by atoms with Gasteiger partial charge in [-0.05, 0) is 26.2 Å². The summed E-state index contributed by atoms with van der Waals surface area (Å²) < 4.78 is 0. The van der Waals surface area contributed by atoms with Crippen LogP contribution in [0.2, 0.25) is 0 Å². The molecule has 0 bridgehead atoms. The van der Waals surface area contributed by atoms with Crippen LogP contribution >= 0.6 is 0 Å². The first-order valence-corrected chi connectivity index (χ1v) is 6.61. The summed E-state index contributed by atoms with van der Waals surface area (Å²) in [7, 11) is 0. The average molecular weight is 225 g/mol. The number of amides is 1. The van der Waals surface area contributed by atoms with Gasteiger partial charge in [-0.1, -0.05) is 51.5 Å². The molecule has 0 unspecified atom stereocenters. The minimum absolute atomic E-state index is 0.261. The normalized spacial score (nSPS) is 12.4. The summed E-state index contributed by atoms with van der Waals surface area (Å²) in [6, 6.07) is 0. The molecule has 0 aromatic heterocycles. The Morgan fingerprint density at radius 1 is 1.00 bits per heavy atom. The van der Waals surface area contributed by atoms with Gasteiger partial charge in [-0.25, -0.2) is 0 Å². The minimum Gasteiger partial charge on any atom is -0.366 e. The van der Waals surface area contributed by atoms with E-state index in [1.165, 1.54) is 44.1 Å². The van der Waals surface area contributed by atoms with E-state index >= 15 is 0 Å². The summed E-state index contributed by atoms with van der Waals surface area (Å²) in [6.07, 6.45) is 9.75. The molecule has 0 saturated heterocycles. The quantitative estimate of drug-likeness (QED) is 0.468. The lowest BCUT2D eigenvalue weighted by atomic mass is 9.99. The molecular weight excluding hydrogens is 198 g/mol. The maximum Gasteiger partial charge on any atom is 0.244 e. The first-order chi connectivity index (χ1) is 7.63. The highest BCUT2D eigenvalue weighted by Gasteiger charge is 2.05. The number of rotatable bonds is 9. The third kappa shape index (κ3) is 6.65. The molecule has 0 aromatic carbocycles. The first-order valence-electron chi connectivity index (χ1n) is 6.61. The summed E-state index contributed by atoms with van der Waals surface area (Å²) in [4.78, 5) is 11.0. The molecule has 1 amide bonds. The molecule has 0 spiro atoms. The Kier molecular flexibility index (Phi) is 8.97. The Balaban J connectivity index is 3.80. The minimum atomic E-state index is -0.261. The van der Waals surface area contributed by atoms with Gasteiger partial charge in [0.25, 0.3) is 0 Å². The van der Waals surface area contributed by atoms with Crippen LogP contribution in [0.25, 0.3) is 0 Å². The van der Waals surface area contributed by atoms with Crippen LogP contribution in [-0.2, 0) is 4.79 Å². The Hall–Kier alpha value is -0.790. The zero-order chi connectivity index (χ0) is 12.4. The number of hydrogen-bond donors (Lipinski definition) is 1. The number of hydrogen-bond acceptors (Lipinski definition) is 1. The largest absolute Gasteiger partial charge is 0.366 e. The molecule has 0 radical (unpaired) electrons. The molecule has 0 aliphatic rings. The van der Waals surface area contributed by atoms with Crippen molar-refractivity contribution >= 4 is 5.91 Å². The van der Waals surface area contributed by atoms with Crippen molar-refractivity contribution in [2.45, 2.75) is 72.1 Å². The van der Waals surface area contributed by atoms with E-state index in [2.05, 4.69) is 13.8 Å². The van der Waals surface area contributed by atoms with E-state index < -0.39 is 0 Å². The lowest BCUT2D eigenvalue weighted by molar-refractivity contribution is -0.114. The fourth-order valence-electron chi connectivity index (χ4n) is 1.92. The van der Waals surface area contributed by atoms with E-state index in [4.69, 9.17) is 5.73 Å². The second kappa shape index (κ2) is 9.44. The highest BCUT2D eigenvalue weighted by molar-refractivity contribution is 5.92. The molecule has 16 heavy (non-hydrogen) atoms. The maximum absolute atomic E-state index is 11.0. The highest BCUT2D eigenvalue weighted by Crippen LogP contribution is 2.17. The van der Waals surface area contributed by atoms with Crippen molar-refractivity contribution in [1.82, 2.24) is 0 Å². The highest BCUT2D eigenvalue weighted by atomic mass is 16.1. The van der Waals surface area contributed by atoms with Crippen molar-refractivity contribution in [1.29, 1.82) is 0 Å². The smallest absolute Gasteiger partial charge is 0.244 e. The fourth-order valence-corrected chi connectivity index (χ4v) is 1.92. The lowest BCUT2D eigenvalue weighted by Gasteiger charge is -2.08. The summed E-state index contributed by atoms with van der Waals surface area (Å²) in [6.45, 7) is 6.17. The van der Waals surface area contributed by atoms with Gasteiger partial charge in [-0.15, -0.1) is 0 Å². The maximum atomic E-state index is 11.0. The van der Waals surface area contributed by atoms with Crippen LogP contribution in [0.15, 0.2) is 11.1 Å². The predicted molar refractivity (Wildman–Crippen MR) is 70.2 cm³/mol. The van der Waals surface area contributed by atoms with Gasteiger partial charge in [-0.2, -0.15) is 0 Å². The van der Waals surface area contributed by atoms with Crippen LogP contribution in [0.4, 0.5) is 0 Å². The SMILES string of the molecule is CCCCCCCC/C(CC)=C(/C)C(N)=O. The molecule has 2 N–H and O–H groups in total. The average Bonchev–Trinajstić information content (AvgIpc) is 2.27. The van der Waals surface area contributed by atoms with Gasteiger partial charge in [0.15, 0.2) is 0 Å². The summed E-state index contributed by atoms with van der Waals surface area (Å²) in [5.41, 5.74) is 7.30. The number of carbonyl (C=O) groups is 1. The fraction of sp³-hybridized carbons (Fsp3) is 0.786. The molecule has 2 nitrogen and oxygen atoms in total. The van der Waals surface area contributed by atoms with Gasteiger partial charge in [0.05, 0.1) is 0 Å². The molecule has 94 valence electrons. The molecule has 0 aromatic rings. The molecule has 0 rings (SSSR count). The standard InChI is InChI=1S/C14H27NO/c1-4-6-7-8-9-10-11-13(5-2)12(3)14(15)16/h4-11H2,1-3H3,(H2,15,16)/b13-12-. The third-order valence-corrected chi connectivity index (χ3v) is 3.16. The zero-order valence-corrected chi connectivity index (χ0v) is 11.1. The van der Waals surface area contributed by atoms with Crippen molar-refractivity contribution in [3.05, 3.63) is 11.1 Å². The van der Waals surface area contributed by atoms with Gasteiger partial charge in [0.2, 0.25) is 5.91 Å². The molecule has 0 aliphatic carbocycles. The Labute approximate surface area is 100 Å². The van der Waals surface area contributed by atoms with Crippen LogP contribution in [0.5, 0.6) is 0 Å². The molecule has 0 atom stereocenters. The second-order valence-electron chi connectivity index (χ2n) is 4.46. The van der Waals surface area contributed by atoms with E-state index in [1.54, 1.807) is 0 Å². The van der Waals surface area contributed by atoms with Gasteiger partial charge in [-0.3, -0.25) is 4.79 Å². The molecule has 0 fully saturated rings. The van der Waals surface area contributed by atoms with Crippen LogP contribution in [0.1, 0.15) is 72.1 Å². The van der Waals surface area contributed by atoms with Gasteiger partial charge in [0, 0.05) is 5.57 Å². The number of allylic oxidation sites excluding steroid dienone is 1. The van der Waals surface area contributed by atoms with Gasteiger partial charge >= 0.3 is 0 Å². The summed E-state index contributed by atoms with van der Waals surface area (Å²) in [5, 5.41) is 0. The van der Waals surface area contributed by atoms with Crippen LogP contribution in [0.3, 0.4) is 0 Å². The number of carbonyl (C=O) groups excluding carboxylic acids is 1. The van der Waals surface area contributed by atoms with Crippen molar-refractivity contribution in [2.24, 2.45) is 5.73 Å². The third-order valence-electron chi connectivity index (χ3n) is 3.16. The zero-order valence-electron chi connectivity index (χ0n) is 11.1. The van der Waals surface area contributed by atoms with Gasteiger partial charge < -0.3 is 5.73 Å². The number of primary amides is 1.